The molecule has 117 valence electrons. The minimum atomic E-state index is -0.675. The van der Waals surface area contributed by atoms with Crippen molar-refractivity contribution in [1.82, 2.24) is 0 Å². The molecule has 0 rings (SSSR count). The van der Waals surface area contributed by atoms with Crippen molar-refractivity contribution in [2.24, 2.45) is 0 Å². The Balaban J connectivity index is -0.000000256. The third-order valence-corrected chi connectivity index (χ3v) is 2.49. The molecule has 1 radical (unpaired) electrons. The van der Waals surface area contributed by atoms with Crippen LogP contribution in [0.2, 0.25) is 0 Å². The fourth-order valence-corrected chi connectivity index (χ4v) is 1.41. The zero-order chi connectivity index (χ0) is 14.2. The molecule has 0 aliphatic rings. The van der Waals surface area contributed by atoms with Gasteiger partial charge in [-0.25, -0.2) is 0 Å². The molecule has 0 bridgehead atoms. The van der Waals surface area contributed by atoms with Gasteiger partial charge in [0.2, 0.25) is 0 Å². The van der Waals surface area contributed by atoms with Gasteiger partial charge in [-0.15, -0.1) is 0 Å². The second-order valence-corrected chi connectivity index (χ2v) is 4.41. The molecule has 0 atom stereocenters. The van der Waals surface area contributed by atoms with E-state index in [1.54, 1.807) is 0 Å². The smallest absolute Gasteiger partial charge is 0.303 e. The van der Waals surface area contributed by atoms with E-state index < -0.39 is 11.9 Å². The van der Waals surface area contributed by atoms with Gasteiger partial charge in [0.1, 0.15) is 0 Å². The van der Waals surface area contributed by atoms with E-state index in [1.807, 2.05) is 0 Å². The van der Waals surface area contributed by atoms with Crippen LogP contribution < -0.4 is 0 Å². The van der Waals surface area contributed by atoms with E-state index in [0.29, 0.717) is 12.8 Å². The van der Waals surface area contributed by atoms with Gasteiger partial charge in [0.15, 0.2) is 0 Å². The summed E-state index contributed by atoms with van der Waals surface area (Å²) < 4.78 is 0. The molecule has 0 aliphatic carbocycles. The fraction of sp³-hybridized carbons (Fsp3) is 0.857. The summed E-state index contributed by atoms with van der Waals surface area (Å²) in [6.07, 6.45) is 9.11. The number of carboxylic acids is 2. The average molecular weight is 363 g/mol. The van der Waals surface area contributed by atoms with Crippen LogP contribution in [-0.2, 0) is 29.1 Å². The molecule has 0 aromatic carbocycles. The van der Waals surface area contributed by atoms with Crippen LogP contribution >= 0.6 is 0 Å². The predicted molar refractivity (Wildman–Crippen MR) is 72.8 cm³/mol. The van der Waals surface area contributed by atoms with Crippen molar-refractivity contribution in [2.45, 2.75) is 78.1 Å². The molecule has 4 nitrogen and oxygen atoms in total. The summed E-state index contributed by atoms with van der Waals surface area (Å²) >= 11 is 0. The topological polar surface area (TPSA) is 74.6 Å². The zero-order valence-corrected chi connectivity index (χ0v) is 13.8. The summed E-state index contributed by atoms with van der Waals surface area (Å²) in [7, 11) is 0. The Kier molecular flexibility index (Phi) is 24.8. The van der Waals surface area contributed by atoms with Gasteiger partial charge in [0, 0.05) is 32.3 Å². The van der Waals surface area contributed by atoms with Crippen LogP contribution in [0.25, 0.3) is 0 Å². The van der Waals surface area contributed by atoms with Crippen LogP contribution in [-0.4, -0.2) is 22.2 Å². The van der Waals surface area contributed by atoms with Gasteiger partial charge in [-0.05, 0) is 12.8 Å². The molecule has 0 unspecified atom stereocenters. The minimum absolute atomic E-state index is 0. The van der Waals surface area contributed by atoms with Crippen molar-refractivity contribution in [3.8, 4) is 0 Å². The van der Waals surface area contributed by atoms with E-state index in [1.165, 1.54) is 12.8 Å². The first-order chi connectivity index (χ1) is 8.54. The molecule has 19 heavy (non-hydrogen) atoms. The Hall–Kier alpha value is -0.437. The number of rotatable bonds is 10. The molecular formula is C14H28O4Rh. The summed E-state index contributed by atoms with van der Waals surface area (Å²) in [5.41, 5.74) is 0. The van der Waals surface area contributed by atoms with Crippen LogP contribution in [0.4, 0.5) is 0 Å². The van der Waals surface area contributed by atoms with Gasteiger partial charge in [-0.1, -0.05) is 52.4 Å². The van der Waals surface area contributed by atoms with E-state index >= 15 is 0 Å². The Morgan fingerprint density at radius 1 is 0.684 bits per heavy atom. The maximum atomic E-state index is 9.96. The molecule has 0 spiro atoms. The zero-order valence-electron chi connectivity index (χ0n) is 12.1. The Morgan fingerprint density at radius 2 is 1.00 bits per heavy atom. The largest absolute Gasteiger partial charge is 0.481 e. The average Bonchev–Trinajstić information content (AvgIpc) is 2.31. The quantitative estimate of drug-likeness (QED) is 0.453. The first kappa shape index (κ1) is 23.6. The van der Waals surface area contributed by atoms with Crippen molar-refractivity contribution in [3.63, 3.8) is 0 Å². The molecule has 0 saturated carbocycles. The first-order valence-electron chi connectivity index (χ1n) is 6.98. The summed E-state index contributed by atoms with van der Waals surface area (Å²) in [5.74, 6) is -1.35. The van der Waals surface area contributed by atoms with Crippen LogP contribution in [0.15, 0.2) is 0 Å². The second kappa shape index (κ2) is 19.9. The van der Waals surface area contributed by atoms with Crippen molar-refractivity contribution in [1.29, 1.82) is 0 Å². The van der Waals surface area contributed by atoms with E-state index in [4.69, 9.17) is 10.2 Å². The Labute approximate surface area is 129 Å². The summed E-state index contributed by atoms with van der Waals surface area (Å²) in [5, 5.41) is 16.4. The fourth-order valence-electron chi connectivity index (χ4n) is 1.41. The van der Waals surface area contributed by atoms with E-state index in [9.17, 15) is 9.59 Å². The van der Waals surface area contributed by atoms with Crippen molar-refractivity contribution in [2.75, 3.05) is 0 Å². The van der Waals surface area contributed by atoms with Crippen LogP contribution in [0, 0.1) is 0 Å². The predicted octanol–water partition coefficient (Wildman–Crippen LogP) is 4.08. The number of hydrogen-bond acceptors (Lipinski definition) is 2. The first-order valence-corrected chi connectivity index (χ1v) is 6.98. The summed E-state index contributed by atoms with van der Waals surface area (Å²) in [4.78, 5) is 19.9. The van der Waals surface area contributed by atoms with Gasteiger partial charge in [0.05, 0.1) is 0 Å². The standard InChI is InChI=1S/2C7H14O2.Rh/c2*1-2-3-4-5-6-7(8)9;/h2*2-6H2,1H3,(H,8,9);. The van der Waals surface area contributed by atoms with Gasteiger partial charge in [0.25, 0.3) is 0 Å². The third-order valence-electron chi connectivity index (χ3n) is 2.49. The summed E-state index contributed by atoms with van der Waals surface area (Å²) in [6, 6.07) is 0. The minimum Gasteiger partial charge on any atom is -0.481 e. The molecule has 0 aromatic rings. The molecule has 0 heterocycles. The number of carbonyl (C=O) groups is 2. The molecular weight excluding hydrogens is 335 g/mol. The molecule has 0 aromatic heterocycles. The van der Waals surface area contributed by atoms with E-state index in [2.05, 4.69) is 13.8 Å². The van der Waals surface area contributed by atoms with E-state index in [-0.39, 0.29) is 19.5 Å². The monoisotopic (exact) mass is 363 g/mol. The Morgan fingerprint density at radius 3 is 1.21 bits per heavy atom. The maximum Gasteiger partial charge on any atom is 0.303 e. The molecule has 0 fully saturated rings. The maximum absolute atomic E-state index is 9.96. The van der Waals surface area contributed by atoms with Crippen molar-refractivity contribution < 1.29 is 39.3 Å². The summed E-state index contributed by atoms with van der Waals surface area (Å²) in [6.45, 7) is 4.22. The normalized spacial score (nSPS) is 8.95. The molecule has 5 heteroatoms. The number of carboxylic acid groups (broad SMARTS) is 2. The molecule has 0 amide bonds. The molecule has 2 N–H and O–H groups in total. The van der Waals surface area contributed by atoms with Gasteiger partial charge < -0.3 is 10.2 Å². The van der Waals surface area contributed by atoms with Gasteiger partial charge in [-0.3, -0.25) is 9.59 Å². The number of hydrogen-bond donors (Lipinski definition) is 2. The Bertz CT molecular complexity index is 186. The van der Waals surface area contributed by atoms with Crippen LogP contribution in [0.5, 0.6) is 0 Å². The number of unbranched alkanes of at least 4 members (excludes halogenated alkanes) is 6. The van der Waals surface area contributed by atoms with Gasteiger partial charge in [-0.2, -0.15) is 0 Å². The SMILES string of the molecule is CCCCCCC(=O)O.CCCCCCC(=O)O.[Rh]. The van der Waals surface area contributed by atoms with E-state index in [0.717, 1.165) is 38.5 Å². The van der Waals surface area contributed by atoms with Gasteiger partial charge >= 0.3 is 11.9 Å². The molecule has 0 saturated heterocycles. The van der Waals surface area contributed by atoms with Crippen LogP contribution in [0.3, 0.4) is 0 Å². The van der Waals surface area contributed by atoms with Crippen molar-refractivity contribution >= 4 is 11.9 Å². The molecule has 0 aliphatic heterocycles. The second-order valence-electron chi connectivity index (χ2n) is 4.41. The third kappa shape index (κ3) is 31.8. The number of aliphatic carboxylic acids is 2. The van der Waals surface area contributed by atoms with Crippen LogP contribution in [0.1, 0.15) is 78.1 Å². The van der Waals surface area contributed by atoms with Crippen molar-refractivity contribution in [3.05, 3.63) is 0 Å².